The van der Waals surface area contributed by atoms with E-state index in [9.17, 15) is 19.2 Å². The molecule has 11 aliphatic rings. The van der Waals surface area contributed by atoms with Gasteiger partial charge in [-0.1, -0.05) is 13.8 Å². The molecule has 1 spiro atoms. The Labute approximate surface area is 279 Å². The highest BCUT2D eigenvalue weighted by atomic mass is 16.7. The summed E-state index contributed by atoms with van der Waals surface area (Å²) in [6, 6.07) is 0. The average Bonchev–Trinajstić information content (AvgIpc) is 3.06. The second-order valence-electron chi connectivity index (χ2n) is 18.7. The summed E-state index contributed by atoms with van der Waals surface area (Å²) >= 11 is 0. The van der Waals surface area contributed by atoms with Crippen LogP contribution in [-0.4, -0.2) is 55.7 Å². The maximum Gasteiger partial charge on any atom is 0.312 e. The first-order valence-corrected chi connectivity index (χ1v) is 19.2. The summed E-state index contributed by atoms with van der Waals surface area (Å²) in [7, 11) is 0. The lowest BCUT2D eigenvalue weighted by molar-refractivity contribution is -0.385. The van der Waals surface area contributed by atoms with Crippen LogP contribution < -0.4 is 0 Å². The van der Waals surface area contributed by atoms with Crippen LogP contribution in [0.1, 0.15) is 110 Å². The molecule has 11 rings (SSSR count). The van der Waals surface area contributed by atoms with Crippen molar-refractivity contribution in [2.24, 2.45) is 75.4 Å². The fourth-order valence-corrected chi connectivity index (χ4v) is 13.6. The first-order valence-electron chi connectivity index (χ1n) is 19.2. The summed E-state index contributed by atoms with van der Waals surface area (Å²) in [6.45, 7) is 4.88. The molecule has 0 radical (unpaired) electrons. The van der Waals surface area contributed by atoms with Crippen molar-refractivity contribution in [2.45, 2.75) is 116 Å². The van der Waals surface area contributed by atoms with Gasteiger partial charge in [0.25, 0.3) is 0 Å². The summed E-state index contributed by atoms with van der Waals surface area (Å²) in [4.78, 5) is 53.9. The SMILES string of the molecule is CCC1(C(=O)OCC2(COC(=O)C34CC5CC(C3)C(=O)C(C5)C4)COC3(OC2)C2CC4CC(C2)CC3C4)CC2CC(C)C(=O)C(C2)C1. The Morgan fingerprint density at radius 3 is 1.81 bits per heavy atom. The number of fused-ring (bicyclic) bond motifs is 2. The van der Waals surface area contributed by atoms with Gasteiger partial charge in [-0.05, 0) is 120 Å². The van der Waals surface area contributed by atoms with Crippen LogP contribution in [0.3, 0.4) is 0 Å². The van der Waals surface area contributed by atoms with Crippen molar-refractivity contribution in [1.29, 1.82) is 0 Å². The second-order valence-corrected chi connectivity index (χ2v) is 18.7. The van der Waals surface area contributed by atoms with Crippen LogP contribution in [0.2, 0.25) is 0 Å². The Kier molecular flexibility index (Phi) is 7.20. The molecule has 0 N–H and O–H groups in total. The fourth-order valence-electron chi connectivity index (χ4n) is 13.6. The highest BCUT2D eigenvalue weighted by molar-refractivity contribution is 5.90. The zero-order valence-corrected chi connectivity index (χ0v) is 28.5. The van der Waals surface area contributed by atoms with E-state index in [1.165, 1.54) is 6.42 Å². The van der Waals surface area contributed by atoms with Gasteiger partial charge in [-0.25, -0.2) is 0 Å². The van der Waals surface area contributed by atoms with Gasteiger partial charge in [-0.2, -0.15) is 0 Å². The predicted molar refractivity (Wildman–Crippen MR) is 169 cm³/mol. The molecule has 6 unspecified atom stereocenters. The summed E-state index contributed by atoms with van der Waals surface area (Å²) in [5.41, 5.74) is -2.03. The largest absolute Gasteiger partial charge is 0.464 e. The van der Waals surface area contributed by atoms with Gasteiger partial charge in [0, 0.05) is 35.5 Å². The Morgan fingerprint density at radius 2 is 1.21 bits per heavy atom. The highest BCUT2D eigenvalue weighted by Gasteiger charge is 2.63. The van der Waals surface area contributed by atoms with E-state index in [2.05, 4.69) is 0 Å². The zero-order chi connectivity index (χ0) is 32.3. The minimum absolute atomic E-state index is 0.00284. The molecule has 10 bridgehead atoms. The van der Waals surface area contributed by atoms with Gasteiger partial charge in [0.05, 0.1) is 29.5 Å². The lowest BCUT2D eigenvalue weighted by Gasteiger charge is -2.62. The summed E-state index contributed by atoms with van der Waals surface area (Å²) in [6.07, 6.45) is 13.6. The van der Waals surface area contributed by atoms with Gasteiger partial charge in [0.15, 0.2) is 5.79 Å². The van der Waals surface area contributed by atoms with Crippen LogP contribution in [0.5, 0.6) is 0 Å². The minimum Gasteiger partial charge on any atom is -0.464 e. The number of carbonyl (C=O) groups is 4. The van der Waals surface area contributed by atoms with Gasteiger partial charge < -0.3 is 18.9 Å². The minimum atomic E-state index is -0.798. The van der Waals surface area contributed by atoms with Crippen LogP contribution in [0.15, 0.2) is 0 Å². The van der Waals surface area contributed by atoms with E-state index in [4.69, 9.17) is 18.9 Å². The normalized spacial score (nSPS) is 52.2. The molecular formula is C39H54O8. The third-order valence-corrected chi connectivity index (χ3v) is 15.5. The molecule has 47 heavy (non-hydrogen) atoms. The third-order valence-electron chi connectivity index (χ3n) is 15.5. The van der Waals surface area contributed by atoms with E-state index < -0.39 is 22.0 Å². The molecule has 10 aliphatic carbocycles. The highest BCUT2D eigenvalue weighted by Crippen LogP contribution is 2.62. The number of ether oxygens (including phenoxy) is 4. The van der Waals surface area contributed by atoms with Crippen LogP contribution >= 0.6 is 0 Å². The molecule has 0 amide bonds. The van der Waals surface area contributed by atoms with Crippen LogP contribution in [0, 0.1) is 75.4 Å². The van der Waals surface area contributed by atoms with Gasteiger partial charge in [-0.15, -0.1) is 0 Å². The number of rotatable bonds is 7. The van der Waals surface area contributed by atoms with Gasteiger partial charge >= 0.3 is 11.9 Å². The Bertz CT molecular complexity index is 1290. The number of carbonyl (C=O) groups excluding carboxylic acids is 4. The Hall–Kier alpha value is -1.80. The number of ketones is 2. The molecule has 0 aromatic rings. The van der Waals surface area contributed by atoms with Crippen molar-refractivity contribution in [1.82, 2.24) is 0 Å². The average molecular weight is 651 g/mol. The number of hydrogen-bond acceptors (Lipinski definition) is 8. The second kappa shape index (κ2) is 10.8. The van der Waals surface area contributed by atoms with Gasteiger partial charge in [0.2, 0.25) is 0 Å². The van der Waals surface area contributed by atoms with Crippen LogP contribution in [0.4, 0.5) is 0 Å². The van der Waals surface area contributed by atoms with Crippen molar-refractivity contribution < 1.29 is 38.1 Å². The first-order chi connectivity index (χ1) is 22.5. The van der Waals surface area contributed by atoms with E-state index in [1.807, 2.05) is 13.8 Å². The Morgan fingerprint density at radius 1 is 0.660 bits per heavy atom. The molecule has 0 aromatic heterocycles. The molecular weight excluding hydrogens is 596 g/mol. The maximum atomic E-state index is 14.1. The van der Waals surface area contributed by atoms with Gasteiger partial charge in [-0.3, -0.25) is 19.2 Å². The van der Waals surface area contributed by atoms with E-state index in [0.29, 0.717) is 74.1 Å². The quantitative estimate of drug-likeness (QED) is 0.306. The van der Waals surface area contributed by atoms with E-state index in [1.54, 1.807) is 0 Å². The molecule has 8 heteroatoms. The lowest BCUT2D eigenvalue weighted by atomic mass is 9.49. The zero-order valence-electron chi connectivity index (χ0n) is 28.5. The van der Waals surface area contributed by atoms with Crippen molar-refractivity contribution in [2.75, 3.05) is 26.4 Å². The molecule has 10 saturated carbocycles. The summed E-state index contributed by atoms with van der Waals surface area (Å²) in [5, 5.41) is 0. The molecule has 1 aliphatic heterocycles. The molecule has 1 heterocycles. The number of Topliss-reactive ketones (excluding diaryl/α,β-unsaturated/α-hetero) is 2. The lowest BCUT2D eigenvalue weighted by Crippen LogP contribution is -2.65. The summed E-state index contributed by atoms with van der Waals surface area (Å²) in [5.74, 6) is 2.84. The molecule has 6 atom stereocenters. The fraction of sp³-hybridized carbons (Fsp3) is 0.897. The molecule has 11 fully saturated rings. The molecule has 258 valence electrons. The number of hydrogen-bond donors (Lipinski definition) is 0. The predicted octanol–water partition coefficient (Wildman–Crippen LogP) is 6.08. The van der Waals surface area contributed by atoms with Crippen LogP contribution in [0.25, 0.3) is 0 Å². The van der Waals surface area contributed by atoms with Crippen molar-refractivity contribution >= 4 is 23.5 Å². The van der Waals surface area contributed by atoms with Crippen molar-refractivity contribution in [3.05, 3.63) is 0 Å². The van der Waals surface area contributed by atoms with E-state index in [0.717, 1.165) is 76.0 Å². The van der Waals surface area contributed by atoms with Crippen LogP contribution in [-0.2, 0) is 38.1 Å². The first kappa shape index (κ1) is 31.2. The van der Waals surface area contributed by atoms with E-state index in [-0.39, 0.29) is 48.8 Å². The van der Waals surface area contributed by atoms with Crippen molar-refractivity contribution in [3.8, 4) is 0 Å². The smallest absolute Gasteiger partial charge is 0.312 e. The molecule has 8 nitrogen and oxygen atoms in total. The number of esters is 2. The van der Waals surface area contributed by atoms with E-state index >= 15 is 0 Å². The maximum absolute atomic E-state index is 14.1. The topological polar surface area (TPSA) is 105 Å². The molecule has 0 aromatic carbocycles. The standard InChI is InChI=1S/C39H54O8/c1-3-37(13-25-4-22(2)32(40)27(6-25)15-37)34(42)44-18-36(19-45-35(43)38-14-26-7-28(16-38)33(41)29(8-26)17-38)20-46-39(47-21-36)30-9-23-5-24(11-30)12-31(39)10-23/h22-31H,3-21H2,1-2H3. The summed E-state index contributed by atoms with van der Waals surface area (Å²) < 4.78 is 26.3. The molecule has 1 saturated heterocycles. The monoisotopic (exact) mass is 650 g/mol. The van der Waals surface area contributed by atoms with Gasteiger partial charge in [0.1, 0.15) is 24.8 Å². The van der Waals surface area contributed by atoms with Crippen molar-refractivity contribution in [3.63, 3.8) is 0 Å². The third kappa shape index (κ3) is 4.79. The Balaban J connectivity index is 0.931.